The molecule has 0 aliphatic carbocycles. The van der Waals surface area contributed by atoms with Gasteiger partial charge in [-0.15, -0.1) is 0 Å². The van der Waals surface area contributed by atoms with Gasteiger partial charge in [-0.05, 0) is 18.4 Å². The summed E-state index contributed by atoms with van der Waals surface area (Å²) in [5, 5.41) is 3.77. The Kier molecular flexibility index (Phi) is 6.44. The van der Waals surface area contributed by atoms with Crippen molar-refractivity contribution in [1.29, 1.82) is 0 Å². The molecule has 2 aromatic rings. The summed E-state index contributed by atoms with van der Waals surface area (Å²) in [6.07, 6.45) is 2.04. The predicted molar refractivity (Wildman–Crippen MR) is 93.0 cm³/mol. The van der Waals surface area contributed by atoms with E-state index in [1.807, 2.05) is 13.8 Å². The van der Waals surface area contributed by atoms with Gasteiger partial charge in [0.15, 0.2) is 10.8 Å². The molecule has 24 heavy (non-hydrogen) atoms. The fourth-order valence-corrected chi connectivity index (χ4v) is 2.96. The van der Waals surface area contributed by atoms with E-state index in [1.165, 1.54) is 25.1 Å². The van der Waals surface area contributed by atoms with Crippen LogP contribution in [0, 0.1) is 5.92 Å². The average Bonchev–Trinajstić information content (AvgIpc) is 2.93. The van der Waals surface area contributed by atoms with Crippen molar-refractivity contribution in [1.82, 2.24) is 20.3 Å². The molecular formula is C15H19ClN4O3S. The number of imidazole rings is 1. The molecule has 0 saturated heterocycles. The molecule has 0 aliphatic rings. The summed E-state index contributed by atoms with van der Waals surface area (Å²) < 4.78 is 4.73. The molecule has 2 rings (SSSR count). The van der Waals surface area contributed by atoms with Crippen LogP contribution < -0.4 is 5.32 Å². The highest BCUT2D eigenvalue weighted by atomic mass is 35.5. The minimum Gasteiger partial charge on any atom is -0.467 e. The van der Waals surface area contributed by atoms with Crippen LogP contribution in [0.4, 0.5) is 0 Å². The van der Waals surface area contributed by atoms with Gasteiger partial charge in [0.05, 0.1) is 23.4 Å². The van der Waals surface area contributed by atoms with Crippen LogP contribution in [-0.2, 0) is 14.3 Å². The number of hydrogen-bond acceptors (Lipinski definition) is 6. The lowest BCUT2D eigenvalue weighted by Gasteiger charge is -2.18. The van der Waals surface area contributed by atoms with Crippen molar-refractivity contribution in [2.24, 2.45) is 5.92 Å². The summed E-state index contributed by atoms with van der Waals surface area (Å²) in [7, 11) is 1.31. The second kappa shape index (κ2) is 8.34. The standard InChI is InChI=1S/C15H19ClN4O3S/c1-8(2)4-11(14(22)23-3)18-12(21)7-24-15-19-10-5-9(16)6-17-13(10)20-15/h5-6,8,11H,4,7H2,1-3H3,(H,18,21)(H,17,19,20)/t11-/m1/s1. The lowest BCUT2D eigenvalue weighted by Crippen LogP contribution is -2.43. The van der Waals surface area contributed by atoms with Gasteiger partial charge in [-0.1, -0.05) is 37.2 Å². The normalized spacial score (nSPS) is 12.4. The minimum atomic E-state index is -0.640. The Morgan fingerprint density at radius 3 is 2.88 bits per heavy atom. The molecule has 0 unspecified atom stereocenters. The van der Waals surface area contributed by atoms with Gasteiger partial charge in [0, 0.05) is 6.20 Å². The molecule has 2 N–H and O–H groups in total. The van der Waals surface area contributed by atoms with E-state index in [1.54, 1.807) is 6.07 Å². The van der Waals surface area contributed by atoms with Crippen molar-refractivity contribution in [3.8, 4) is 0 Å². The number of aromatic nitrogens is 3. The maximum absolute atomic E-state index is 12.1. The number of thioether (sulfide) groups is 1. The van der Waals surface area contributed by atoms with Crippen molar-refractivity contribution < 1.29 is 14.3 Å². The number of halogens is 1. The molecule has 0 aromatic carbocycles. The van der Waals surface area contributed by atoms with Crippen molar-refractivity contribution in [3.05, 3.63) is 17.3 Å². The molecule has 0 fully saturated rings. The van der Waals surface area contributed by atoms with E-state index in [9.17, 15) is 9.59 Å². The van der Waals surface area contributed by atoms with E-state index < -0.39 is 12.0 Å². The molecule has 0 radical (unpaired) electrons. The zero-order valence-corrected chi connectivity index (χ0v) is 15.2. The highest BCUT2D eigenvalue weighted by Crippen LogP contribution is 2.20. The van der Waals surface area contributed by atoms with E-state index in [0.717, 1.165) is 0 Å². The van der Waals surface area contributed by atoms with Gasteiger partial charge >= 0.3 is 5.97 Å². The van der Waals surface area contributed by atoms with Gasteiger partial charge in [0.1, 0.15) is 6.04 Å². The van der Waals surface area contributed by atoms with Crippen LogP contribution in [-0.4, -0.2) is 45.7 Å². The molecule has 7 nitrogen and oxygen atoms in total. The third-order valence-electron chi connectivity index (χ3n) is 3.15. The van der Waals surface area contributed by atoms with Gasteiger partial charge in [-0.25, -0.2) is 14.8 Å². The second-order valence-electron chi connectivity index (χ2n) is 5.63. The second-order valence-corrected chi connectivity index (χ2v) is 7.03. The minimum absolute atomic E-state index is 0.124. The Bertz CT molecular complexity index is 735. The van der Waals surface area contributed by atoms with Gasteiger partial charge in [0.25, 0.3) is 0 Å². The fraction of sp³-hybridized carbons (Fsp3) is 0.467. The van der Waals surface area contributed by atoms with Crippen LogP contribution in [0.2, 0.25) is 5.02 Å². The molecule has 0 bridgehead atoms. The lowest BCUT2D eigenvalue weighted by atomic mass is 10.0. The first-order valence-corrected chi connectivity index (χ1v) is 8.76. The van der Waals surface area contributed by atoms with Crippen molar-refractivity contribution in [2.75, 3.05) is 12.9 Å². The number of aromatic amines is 1. The van der Waals surface area contributed by atoms with Crippen LogP contribution in [0.5, 0.6) is 0 Å². The van der Waals surface area contributed by atoms with Crippen LogP contribution in [0.15, 0.2) is 17.4 Å². The number of methoxy groups -OCH3 is 1. The van der Waals surface area contributed by atoms with E-state index in [2.05, 4.69) is 20.3 Å². The molecular weight excluding hydrogens is 352 g/mol. The molecule has 9 heteroatoms. The Morgan fingerprint density at radius 1 is 1.46 bits per heavy atom. The predicted octanol–water partition coefficient (Wildman–Crippen LogP) is 2.41. The van der Waals surface area contributed by atoms with Crippen LogP contribution >= 0.6 is 23.4 Å². The van der Waals surface area contributed by atoms with Gasteiger partial charge in [0.2, 0.25) is 5.91 Å². The van der Waals surface area contributed by atoms with E-state index in [4.69, 9.17) is 16.3 Å². The Morgan fingerprint density at radius 2 is 2.21 bits per heavy atom. The first kappa shape index (κ1) is 18.5. The van der Waals surface area contributed by atoms with Crippen molar-refractivity contribution in [3.63, 3.8) is 0 Å². The molecule has 2 aromatic heterocycles. The summed E-state index contributed by atoms with van der Waals surface area (Å²) in [5.74, 6) is -0.320. The number of carbonyl (C=O) groups is 2. The number of rotatable bonds is 7. The number of hydrogen-bond donors (Lipinski definition) is 2. The average molecular weight is 371 g/mol. The van der Waals surface area contributed by atoms with Crippen LogP contribution in [0.25, 0.3) is 11.2 Å². The fourth-order valence-electron chi connectivity index (χ4n) is 2.12. The number of amides is 1. The molecule has 2 heterocycles. The third-order valence-corrected chi connectivity index (χ3v) is 4.23. The Balaban J connectivity index is 1.94. The molecule has 0 saturated carbocycles. The number of esters is 1. The summed E-state index contributed by atoms with van der Waals surface area (Å²) in [4.78, 5) is 35.2. The Labute approximate surface area is 148 Å². The van der Waals surface area contributed by atoms with E-state index in [0.29, 0.717) is 27.8 Å². The monoisotopic (exact) mass is 370 g/mol. The highest BCUT2D eigenvalue weighted by Gasteiger charge is 2.22. The maximum atomic E-state index is 12.1. The third kappa shape index (κ3) is 5.10. The SMILES string of the molecule is COC(=O)[C@@H](CC(C)C)NC(=O)CSc1nc2ncc(Cl)cc2[nH]1. The van der Waals surface area contributed by atoms with E-state index in [-0.39, 0.29) is 17.6 Å². The first-order valence-electron chi connectivity index (χ1n) is 7.40. The van der Waals surface area contributed by atoms with Crippen molar-refractivity contribution in [2.45, 2.75) is 31.5 Å². The number of H-pyrrole nitrogens is 1. The molecule has 1 amide bonds. The number of pyridine rings is 1. The van der Waals surface area contributed by atoms with Crippen molar-refractivity contribution >= 4 is 46.4 Å². The van der Waals surface area contributed by atoms with Crippen LogP contribution in [0.1, 0.15) is 20.3 Å². The molecule has 130 valence electrons. The smallest absolute Gasteiger partial charge is 0.328 e. The Hall–Kier alpha value is -1.80. The summed E-state index contributed by atoms with van der Waals surface area (Å²) >= 11 is 7.10. The maximum Gasteiger partial charge on any atom is 0.328 e. The van der Waals surface area contributed by atoms with Gasteiger partial charge < -0.3 is 15.0 Å². The summed E-state index contributed by atoms with van der Waals surface area (Å²) in [6, 6.07) is 1.08. The summed E-state index contributed by atoms with van der Waals surface area (Å²) in [6.45, 7) is 3.95. The van der Waals surface area contributed by atoms with Gasteiger partial charge in [-0.2, -0.15) is 0 Å². The first-order chi connectivity index (χ1) is 11.4. The molecule has 0 aliphatic heterocycles. The van der Waals surface area contributed by atoms with Gasteiger partial charge in [-0.3, -0.25) is 4.79 Å². The number of carbonyl (C=O) groups excluding carboxylic acids is 2. The lowest BCUT2D eigenvalue weighted by molar-refractivity contribution is -0.145. The number of nitrogens with zero attached hydrogens (tertiary/aromatic N) is 2. The number of ether oxygens (including phenoxy) is 1. The highest BCUT2D eigenvalue weighted by molar-refractivity contribution is 7.99. The number of fused-ring (bicyclic) bond motifs is 1. The summed E-state index contributed by atoms with van der Waals surface area (Å²) in [5.41, 5.74) is 1.24. The van der Waals surface area contributed by atoms with Crippen LogP contribution in [0.3, 0.4) is 0 Å². The topological polar surface area (TPSA) is 97.0 Å². The number of nitrogens with one attached hydrogen (secondary N) is 2. The van der Waals surface area contributed by atoms with E-state index >= 15 is 0 Å². The molecule has 0 spiro atoms. The molecule has 1 atom stereocenters. The quantitative estimate of drug-likeness (QED) is 0.573. The zero-order valence-electron chi connectivity index (χ0n) is 13.6. The largest absolute Gasteiger partial charge is 0.467 e. The zero-order chi connectivity index (χ0) is 17.7.